The van der Waals surface area contributed by atoms with Gasteiger partial charge >= 0.3 is 6.18 Å². The van der Waals surface area contributed by atoms with Crippen molar-refractivity contribution in [1.82, 2.24) is 19.5 Å². The predicted octanol–water partition coefficient (Wildman–Crippen LogP) is 3.17. The number of carbonyl (C=O) groups is 1. The Morgan fingerprint density at radius 3 is 2.68 bits per heavy atom. The molecule has 1 atom stereocenters. The zero-order chi connectivity index (χ0) is 17.8. The highest BCUT2D eigenvalue weighted by Crippen LogP contribution is 2.36. The number of likely N-dealkylation sites (tertiary alicyclic amines) is 1. The van der Waals surface area contributed by atoms with Gasteiger partial charge in [-0.25, -0.2) is 9.50 Å². The summed E-state index contributed by atoms with van der Waals surface area (Å²) in [6.45, 7) is 2.78. The van der Waals surface area contributed by atoms with Gasteiger partial charge in [0.15, 0.2) is 5.65 Å². The number of piperidine rings is 1. The van der Waals surface area contributed by atoms with Gasteiger partial charge in [0.2, 0.25) is 5.91 Å². The third-order valence-corrected chi connectivity index (χ3v) is 4.94. The van der Waals surface area contributed by atoms with Crippen LogP contribution in [0.4, 0.5) is 13.2 Å². The van der Waals surface area contributed by atoms with Gasteiger partial charge < -0.3 is 4.90 Å². The number of alkyl halides is 3. The van der Waals surface area contributed by atoms with E-state index in [1.54, 1.807) is 17.9 Å². The van der Waals surface area contributed by atoms with Crippen LogP contribution in [0.15, 0.2) is 12.1 Å². The minimum absolute atomic E-state index is 0.123. The Kier molecular flexibility index (Phi) is 3.73. The Balaban J connectivity index is 1.69. The molecule has 1 aliphatic heterocycles. The van der Waals surface area contributed by atoms with Gasteiger partial charge in [-0.2, -0.15) is 18.3 Å². The van der Waals surface area contributed by atoms with Gasteiger partial charge in [0, 0.05) is 36.7 Å². The molecule has 1 aliphatic carbocycles. The molecule has 2 aromatic rings. The molecule has 1 unspecified atom stereocenters. The fraction of sp³-hybridized carbons (Fsp3) is 0.588. The molecular weight excluding hydrogens is 333 g/mol. The Morgan fingerprint density at radius 1 is 1.24 bits per heavy atom. The molecule has 0 aromatic carbocycles. The van der Waals surface area contributed by atoms with E-state index >= 15 is 0 Å². The molecule has 1 saturated carbocycles. The van der Waals surface area contributed by atoms with Crippen molar-refractivity contribution in [2.75, 3.05) is 13.1 Å². The minimum atomic E-state index is -4.51. The Morgan fingerprint density at radius 2 is 2.00 bits per heavy atom. The largest absolute Gasteiger partial charge is 0.433 e. The van der Waals surface area contributed by atoms with E-state index < -0.39 is 11.9 Å². The first-order valence-corrected chi connectivity index (χ1v) is 8.56. The molecule has 8 heteroatoms. The molecule has 1 amide bonds. The van der Waals surface area contributed by atoms with Crippen LogP contribution < -0.4 is 0 Å². The molecule has 0 N–H and O–H groups in total. The highest BCUT2D eigenvalue weighted by molar-refractivity contribution is 5.81. The maximum absolute atomic E-state index is 13.4. The fourth-order valence-corrected chi connectivity index (χ4v) is 3.53. The number of rotatable bonds is 2. The summed E-state index contributed by atoms with van der Waals surface area (Å²) in [7, 11) is 0. The fourth-order valence-electron chi connectivity index (χ4n) is 3.53. The van der Waals surface area contributed by atoms with Crippen molar-refractivity contribution in [3.63, 3.8) is 0 Å². The van der Waals surface area contributed by atoms with Crippen LogP contribution in [0.3, 0.4) is 0 Å². The number of nitrogens with zero attached hydrogens (tertiary/aromatic N) is 4. The molecule has 2 aromatic heterocycles. The Labute approximate surface area is 142 Å². The monoisotopic (exact) mass is 352 g/mol. The summed E-state index contributed by atoms with van der Waals surface area (Å²) in [5.74, 6) is 0.0946. The van der Waals surface area contributed by atoms with Crippen LogP contribution in [0.2, 0.25) is 0 Å². The van der Waals surface area contributed by atoms with Crippen LogP contribution in [-0.2, 0) is 11.0 Å². The highest BCUT2D eigenvalue weighted by Gasteiger charge is 2.38. The summed E-state index contributed by atoms with van der Waals surface area (Å²) >= 11 is 0. The number of amides is 1. The lowest BCUT2D eigenvalue weighted by atomic mass is 9.93. The molecule has 1 saturated heterocycles. The van der Waals surface area contributed by atoms with Crippen molar-refractivity contribution in [1.29, 1.82) is 0 Å². The smallest absolute Gasteiger partial charge is 0.342 e. The van der Waals surface area contributed by atoms with Crippen molar-refractivity contribution in [2.24, 2.45) is 5.92 Å². The highest BCUT2D eigenvalue weighted by atomic mass is 19.4. The van der Waals surface area contributed by atoms with Crippen LogP contribution in [0.25, 0.3) is 5.65 Å². The lowest BCUT2D eigenvalue weighted by molar-refractivity contribution is -0.143. The average Bonchev–Trinajstić information content (AvgIpc) is 3.33. The lowest BCUT2D eigenvalue weighted by Crippen LogP contribution is -2.40. The summed E-state index contributed by atoms with van der Waals surface area (Å²) in [4.78, 5) is 18.5. The lowest BCUT2D eigenvalue weighted by Gasteiger charge is -2.33. The molecule has 0 spiro atoms. The van der Waals surface area contributed by atoms with E-state index in [1.165, 1.54) is 0 Å². The number of fused-ring (bicyclic) bond motifs is 1. The first-order chi connectivity index (χ1) is 11.8. The minimum Gasteiger partial charge on any atom is -0.342 e. The number of hydrogen-bond donors (Lipinski definition) is 0. The summed E-state index contributed by atoms with van der Waals surface area (Å²) < 4.78 is 41.2. The maximum Gasteiger partial charge on any atom is 0.433 e. The van der Waals surface area contributed by atoms with Crippen molar-refractivity contribution in [3.8, 4) is 0 Å². The van der Waals surface area contributed by atoms with E-state index in [4.69, 9.17) is 0 Å². The molecule has 3 heterocycles. The molecule has 0 bridgehead atoms. The third-order valence-electron chi connectivity index (χ3n) is 4.94. The standard InChI is InChI=1S/C17H19F3N4O/c1-10-7-15-21-13(8-14(17(18,19)20)24(15)22-10)12-3-2-6-23(9-12)16(25)11-4-5-11/h7-8,11-12H,2-6,9H2,1H3. The van der Waals surface area contributed by atoms with E-state index in [1.807, 2.05) is 0 Å². The second kappa shape index (κ2) is 5.71. The number of carbonyl (C=O) groups excluding carboxylic acids is 1. The van der Waals surface area contributed by atoms with E-state index in [0.717, 1.165) is 36.3 Å². The number of aromatic nitrogens is 3. The van der Waals surface area contributed by atoms with Crippen molar-refractivity contribution in [2.45, 2.75) is 44.7 Å². The van der Waals surface area contributed by atoms with Crippen LogP contribution >= 0.6 is 0 Å². The molecule has 0 radical (unpaired) electrons. The molecule has 25 heavy (non-hydrogen) atoms. The van der Waals surface area contributed by atoms with Gasteiger partial charge in [0.1, 0.15) is 5.69 Å². The van der Waals surface area contributed by atoms with Crippen molar-refractivity contribution < 1.29 is 18.0 Å². The number of hydrogen-bond acceptors (Lipinski definition) is 3. The summed E-state index contributed by atoms with van der Waals surface area (Å²) in [6.07, 6.45) is -1.13. The first-order valence-electron chi connectivity index (χ1n) is 8.56. The quantitative estimate of drug-likeness (QED) is 0.834. The van der Waals surface area contributed by atoms with Gasteiger partial charge in [0.25, 0.3) is 0 Å². The predicted molar refractivity (Wildman–Crippen MR) is 84.0 cm³/mol. The van der Waals surface area contributed by atoms with E-state index in [-0.39, 0.29) is 23.4 Å². The molecule has 2 fully saturated rings. The van der Waals surface area contributed by atoms with E-state index in [9.17, 15) is 18.0 Å². The van der Waals surface area contributed by atoms with Crippen LogP contribution in [0, 0.1) is 12.8 Å². The Hall–Kier alpha value is -2.12. The average molecular weight is 352 g/mol. The molecule has 134 valence electrons. The van der Waals surface area contributed by atoms with Gasteiger partial charge in [0.05, 0.1) is 5.69 Å². The number of aryl methyl sites for hydroxylation is 1. The second-order valence-electron chi connectivity index (χ2n) is 7.02. The summed E-state index contributed by atoms with van der Waals surface area (Å²) in [5.41, 5.74) is 0.275. The van der Waals surface area contributed by atoms with Crippen LogP contribution in [0.5, 0.6) is 0 Å². The molecule has 4 rings (SSSR count). The summed E-state index contributed by atoms with van der Waals surface area (Å²) in [6, 6.07) is 2.64. The van der Waals surface area contributed by atoms with Crippen molar-refractivity contribution in [3.05, 3.63) is 29.2 Å². The van der Waals surface area contributed by atoms with Gasteiger partial charge in [-0.1, -0.05) is 0 Å². The molecule has 5 nitrogen and oxygen atoms in total. The van der Waals surface area contributed by atoms with Crippen LogP contribution in [-0.4, -0.2) is 38.5 Å². The third kappa shape index (κ3) is 3.09. The normalized spacial score (nSPS) is 21.8. The van der Waals surface area contributed by atoms with Gasteiger partial charge in [-0.05, 0) is 38.7 Å². The first kappa shape index (κ1) is 16.4. The van der Waals surface area contributed by atoms with Crippen LogP contribution in [0.1, 0.15) is 48.7 Å². The zero-order valence-electron chi connectivity index (χ0n) is 13.9. The van der Waals surface area contributed by atoms with Gasteiger partial charge in [-0.3, -0.25) is 4.79 Å². The van der Waals surface area contributed by atoms with E-state index in [2.05, 4.69) is 10.1 Å². The SMILES string of the molecule is Cc1cc2nc(C3CCCN(C(=O)C4CC4)C3)cc(C(F)(F)F)n2n1. The topological polar surface area (TPSA) is 50.5 Å². The number of halogens is 3. The zero-order valence-corrected chi connectivity index (χ0v) is 13.9. The Bertz CT molecular complexity index is 825. The van der Waals surface area contributed by atoms with E-state index in [0.29, 0.717) is 24.5 Å². The van der Waals surface area contributed by atoms with Crippen molar-refractivity contribution >= 4 is 11.6 Å². The summed E-state index contributed by atoms with van der Waals surface area (Å²) in [5, 5.41) is 3.91. The van der Waals surface area contributed by atoms with Gasteiger partial charge in [-0.15, -0.1) is 0 Å². The molecule has 2 aliphatic rings. The second-order valence-corrected chi connectivity index (χ2v) is 7.02. The molecular formula is C17H19F3N4O. The maximum atomic E-state index is 13.4.